The Balaban J connectivity index is 1.53. The van der Waals surface area contributed by atoms with E-state index in [4.69, 9.17) is 0 Å². The van der Waals surface area contributed by atoms with E-state index in [2.05, 4.69) is 16.7 Å². The minimum atomic E-state index is -4.71. The molecular weight excluding hydrogens is 477 g/mol. The summed E-state index contributed by atoms with van der Waals surface area (Å²) >= 11 is 0. The van der Waals surface area contributed by atoms with Gasteiger partial charge in [-0.05, 0) is 23.8 Å². The van der Waals surface area contributed by atoms with Gasteiger partial charge in [0.15, 0.2) is 18.4 Å². The number of pyridine rings is 2. The summed E-state index contributed by atoms with van der Waals surface area (Å²) in [7, 11) is 0. The van der Waals surface area contributed by atoms with Gasteiger partial charge in [-0.1, -0.05) is 6.08 Å². The van der Waals surface area contributed by atoms with Gasteiger partial charge in [-0.25, -0.2) is 13.5 Å². The number of nitrogens with zero attached hydrogens (tertiary/aromatic N) is 5. The van der Waals surface area contributed by atoms with Gasteiger partial charge >= 0.3 is 6.18 Å². The zero-order valence-corrected chi connectivity index (χ0v) is 18.6. The van der Waals surface area contributed by atoms with E-state index in [1.165, 1.54) is 10.7 Å². The number of allylic oxidation sites excluding steroid dienone is 1. The van der Waals surface area contributed by atoms with Crippen LogP contribution in [0, 0.1) is 17.6 Å². The summed E-state index contributed by atoms with van der Waals surface area (Å²) in [6.45, 7) is 4.09. The third kappa shape index (κ3) is 2.48. The molecule has 0 amide bonds. The number of halogens is 5. The van der Waals surface area contributed by atoms with Gasteiger partial charge < -0.3 is 0 Å². The van der Waals surface area contributed by atoms with E-state index in [1.54, 1.807) is 42.6 Å². The molecule has 4 aromatic rings. The molecule has 4 unspecified atom stereocenters. The zero-order valence-electron chi connectivity index (χ0n) is 18.6. The van der Waals surface area contributed by atoms with Crippen LogP contribution in [0.25, 0.3) is 22.8 Å². The van der Waals surface area contributed by atoms with E-state index in [9.17, 15) is 17.6 Å². The van der Waals surface area contributed by atoms with Crippen LogP contribution in [0.5, 0.6) is 0 Å². The van der Waals surface area contributed by atoms with Crippen LogP contribution in [0.2, 0.25) is 0 Å². The Kier molecular flexibility index (Phi) is 4.05. The Morgan fingerprint density at radius 1 is 1.06 bits per heavy atom. The molecule has 3 aromatic heterocycles. The third-order valence-corrected chi connectivity index (χ3v) is 7.83. The molecule has 1 aliphatic carbocycles. The molecule has 1 saturated carbocycles. The average Bonchev–Trinajstić information content (AvgIpc) is 3.28. The van der Waals surface area contributed by atoms with Crippen LogP contribution in [0.1, 0.15) is 23.3 Å². The molecule has 36 heavy (non-hydrogen) atoms. The van der Waals surface area contributed by atoms with Crippen LogP contribution in [0.3, 0.4) is 0 Å². The minimum absolute atomic E-state index is 0.0330. The van der Waals surface area contributed by atoms with E-state index in [1.807, 2.05) is 21.4 Å². The number of benzene rings is 1. The summed E-state index contributed by atoms with van der Waals surface area (Å²) in [5.41, 5.74) is 0.909. The summed E-state index contributed by atoms with van der Waals surface area (Å²) in [4.78, 5) is 3.81. The fourth-order valence-corrected chi connectivity index (χ4v) is 6.64. The number of hydrogen-bond acceptors (Lipinski definition) is 2. The molecule has 180 valence electrons. The van der Waals surface area contributed by atoms with Crippen LogP contribution in [0.4, 0.5) is 22.0 Å². The summed E-state index contributed by atoms with van der Waals surface area (Å²) in [6, 6.07) is 12.6. The monoisotopic (exact) mass is 495 g/mol. The van der Waals surface area contributed by atoms with Crippen molar-refractivity contribution in [2.75, 3.05) is 0 Å². The van der Waals surface area contributed by atoms with Crippen molar-refractivity contribution >= 4 is 0 Å². The Labute approximate surface area is 201 Å². The third-order valence-electron chi connectivity index (χ3n) is 7.83. The van der Waals surface area contributed by atoms with Crippen molar-refractivity contribution in [1.29, 1.82) is 0 Å². The second kappa shape index (κ2) is 6.83. The lowest BCUT2D eigenvalue weighted by atomic mass is 9.50. The fraction of sp³-hybridized carbons (Fsp3) is 0.231. The molecule has 0 saturated heterocycles. The average molecular weight is 495 g/mol. The minimum Gasteiger partial charge on any atom is -0.233 e. The van der Waals surface area contributed by atoms with Gasteiger partial charge in [-0.3, -0.25) is 0 Å². The largest absolute Gasteiger partial charge is 0.453 e. The second-order valence-corrected chi connectivity index (χ2v) is 9.44. The Bertz CT molecular complexity index is 1590. The van der Waals surface area contributed by atoms with Crippen molar-refractivity contribution in [2.24, 2.45) is 5.92 Å². The summed E-state index contributed by atoms with van der Waals surface area (Å²) in [6.07, 6.45) is 0.704. The van der Waals surface area contributed by atoms with Crippen molar-refractivity contribution in [3.05, 3.63) is 96.6 Å². The van der Waals surface area contributed by atoms with E-state index < -0.39 is 35.1 Å². The molecule has 5 nitrogen and oxygen atoms in total. The van der Waals surface area contributed by atoms with Gasteiger partial charge in [0.25, 0.3) is 11.5 Å². The summed E-state index contributed by atoms with van der Waals surface area (Å²) in [5.74, 6) is -3.28. The molecule has 10 heteroatoms. The highest BCUT2D eigenvalue weighted by molar-refractivity contribution is 5.66. The quantitative estimate of drug-likeness (QED) is 0.224. The highest BCUT2D eigenvalue weighted by Crippen LogP contribution is 2.63. The first-order valence-electron chi connectivity index (χ1n) is 11.4. The number of alkyl halides is 3. The Hall–Kier alpha value is -3.95. The van der Waals surface area contributed by atoms with Crippen LogP contribution in [-0.4, -0.2) is 14.8 Å². The topological polar surface area (TPSA) is 38.5 Å². The predicted molar refractivity (Wildman–Crippen MR) is 116 cm³/mol. The lowest BCUT2D eigenvalue weighted by molar-refractivity contribution is -0.839. The first kappa shape index (κ1) is 21.3. The van der Waals surface area contributed by atoms with E-state index in [0.717, 1.165) is 6.07 Å². The number of fused-ring (bicyclic) bond motifs is 11. The van der Waals surface area contributed by atoms with Crippen LogP contribution in [0.15, 0.2) is 73.6 Å². The summed E-state index contributed by atoms with van der Waals surface area (Å²) < 4.78 is 75.7. The van der Waals surface area contributed by atoms with Gasteiger partial charge in [0, 0.05) is 30.3 Å². The zero-order chi connectivity index (χ0) is 25.0. The van der Waals surface area contributed by atoms with E-state index >= 15 is 4.39 Å². The molecule has 1 aromatic carbocycles. The van der Waals surface area contributed by atoms with Gasteiger partial charge in [0.05, 0.1) is 5.56 Å². The van der Waals surface area contributed by atoms with Crippen molar-refractivity contribution in [1.82, 2.24) is 14.8 Å². The molecule has 7 rings (SSSR count). The Morgan fingerprint density at radius 2 is 1.81 bits per heavy atom. The smallest absolute Gasteiger partial charge is 0.233 e. The van der Waals surface area contributed by atoms with Crippen molar-refractivity contribution < 1.29 is 31.1 Å². The van der Waals surface area contributed by atoms with Gasteiger partial charge in [0.1, 0.15) is 30.0 Å². The normalized spacial score (nSPS) is 25.2. The predicted octanol–water partition coefficient (Wildman–Crippen LogP) is 4.35. The van der Waals surface area contributed by atoms with Gasteiger partial charge in [0.2, 0.25) is 17.1 Å². The number of rotatable bonds is 1. The van der Waals surface area contributed by atoms with Crippen LogP contribution in [-0.2, 0) is 18.3 Å². The van der Waals surface area contributed by atoms with Gasteiger partial charge in [-0.15, -0.1) is 11.7 Å². The molecule has 2 aliphatic heterocycles. The maximum absolute atomic E-state index is 15.3. The van der Waals surface area contributed by atoms with Crippen molar-refractivity contribution in [3.8, 4) is 22.8 Å². The van der Waals surface area contributed by atoms with Crippen LogP contribution < -0.4 is 9.13 Å². The molecular formula is C26H18F5N5+2. The van der Waals surface area contributed by atoms with Gasteiger partial charge in [-0.2, -0.15) is 27.3 Å². The molecule has 5 heterocycles. The molecule has 3 aliphatic rings. The highest BCUT2D eigenvalue weighted by Gasteiger charge is 2.76. The molecule has 1 fully saturated rings. The highest BCUT2D eigenvalue weighted by atomic mass is 19.4. The maximum atomic E-state index is 15.3. The molecule has 0 bridgehead atoms. The standard InChI is InChI=1S/C26H18F5N5/c1-2-16-22-21(15-11-14(27)12-17(28)20(15)18-7-3-5-9-34(18)22)25(16)13-36-23(19-8-4-6-10-35(19)25)32-24(33-36)26(29,30)31/h2-12,16,21-22H,1,13H2/q+2. The molecule has 1 spiro atoms. The van der Waals surface area contributed by atoms with Crippen molar-refractivity contribution in [3.63, 3.8) is 0 Å². The number of hydrogen-bond donors (Lipinski definition) is 0. The van der Waals surface area contributed by atoms with Crippen LogP contribution >= 0.6 is 0 Å². The Morgan fingerprint density at radius 3 is 2.56 bits per heavy atom. The lowest BCUT2D eigenvalue weighted by Crippen LogP contribution is -2.80. The second-order valence-electron chi connectivity index (χ2n) is 9.44. The first-order valence-corrected chi connectivity index (χ1v) is 11.4. The molecule has 4 atom stereocenters. The molecule has 0 radical (unpaired) electrons. The SMILES string of the molecule is C=CC1C2C(c3cc(F)cc(F)c3-c3cccc[n+]32)C12Cn1nc(C(F)(F)F)nc1-c1cccc[n+]12. The van der Waals surface area contributed by atoms with Crippen molar-refractivity contribution in [2.45, 2.75) is 30.2 Å². The summed E-state index contributed by atoms with van der Waals surface area (Å²) in [5, 5.41) is 3.82. The maximum Gasteiger partial charge on any atom is 0.453 e. The number of aromatic nitrogens is 5. The van der Waals surface area contributed by atoms with E-state index in [0.29, 0.717) is 22.5 Å². The fourth-order valence-electron chi connectivity index (χ4n) is 6.64. The lowest BCUT2D eigenvalue weighted by Gasteiger charge is -2.55. The first-order chi connectivity index (χ1) is 17.3. The molecule has 0 N–H and O–H groups in total. The van der Waals surface area contributed by atoms with E-state index in [-0.39, 0.29) is 24.3 Å².